The Kier molecular flexibility index (Phi) is 6.89. The van der Waals surface area contributed by atoms with Crippen molar-refractivity contribution >= 4 is 46.4 Å². The Hall–Kier alpha value is -2.24. The molecule has 0 fully saturated rings. The summed E-state index contributed by atoms with van der Waals surface area (Å²) in [5, 5.41) is 3.58. The molecule has 1 N–H and O–H groups in total. The number of hydrogen-bond acceptors (Lipinski definition) is 3. The van der Waals surface area contributed by atoms with Crippen LogP contribution in [0.2, 0.25) is 10.0 Å². The smallest absolute Gasteiger partial charge is 0.226 e. The SMILES string of the molecule is COc1ccc(C)cc1N(CCC(=O)Nc1cc(Cl)ccc1Cl)C(C)=O. The third-order valence-corrected chi connectivity index (χ3v) is 4.33. The van der Waals surface area contributed by atoms with Gasteiger partial charge in [0.25, 0.3) is 0 Å². The van der Waals surface area contributed by atoms with Crippen molar-refractivity contribution in [1.29, 1.82) is 0 Å². The van der Waals surface area contributed by atoms with Crippen molar-refractivity contribution in [2.75, 3.05) is 23.9 Å². The van der Waals surface area contributed by atoms with Crippen LogP contribution in [-0.2, 0) is 9.59 Å². The third kappa shape index (κ3) is 5.13. The molecule has 0 aliphatic heterocycles. The molecule has 0 saturated heterocycles. The number of carbonyl (C=O) groups excluding carboxylic acids is 2. The van der Waals surface area contributed by atoms with Gasteiger partial charge in [-0.3, -0.25) is 9.59 Å². The maximum atomic E-state index is 12.3. The summed E-state index contributed by atoms with van der Waals surface area (Å²) in [7, 11) is 1.54. The van der Waals surface area contributed by atoms with E-state index >= 15 is 0 Å². The lowest BCUT2D eigenvalue weighted by Crippen LogP contribution is -2.32. The van der Waals surface area contributed by atoms with Gasteiger partial charge in [-0.25, -0.2) is 0 Å². The molecular formula is C19H20Cl2N2O3. The fourth-order valence-corrected chi connectivity index (χ4v) is 2.81. The second-order valence-corrected chi connectivity index (χ2v) is 6.61. The number of nitrogens with zero attached hydrogens (tertiary/aromatic N) is 1. The fraction of sp³-hybridized carbons (Fsp3) is 0.263. The Balaban J connectivity index is 2.12. The average Bonchev–Trinajstić information content (AvgIpc) is 2.58. The number of ether oxygens (including phenoxy) is 1. The van der Waals surface area contributed by atoms with Crippen LogP contribution in [0.1, 0.15) is 18.9 Å². The topological polar surface area (TPSA) is 58.6 Å². The Morgan fingerprint density at radius 1 is 1.15 bits per heavy atom. The van der Waals surface area contributed by atoms with Crippen LogP contribution >= 0.6 is 23.2 Å². The summed E-state index contributed by atoms with van der Waals surface area (Å²) in [6.45, 7) is 3.59. The molecule has 2 aromatic carbocycles. The number of carbonyl (C=O) groups is 2. The van der Waals surface area contributed by atoms with E-state index in [2.05, 4.69) is 5.32 Å². The minimum Gasteiger partial charge on any atom is -0.495 e. The second-order valence-electron chi connectivity index (χ2n) is 5.77. The van der Waals surface area contributed by atoms with Crippen molar-refractivity contribution < 1.29 is 14.3 Å². The highest BCUT2D eigenvalue weighted by Gasteiger charge is 2.18. The van der Waals surface area contributed by atoms with Crippen LogP contribution in [0.3, 0.4) is 0 Å². The maximum absolute atomic E-state index is 12.3. The number of aryl methyl sites for hydroxylation is 1. The largest absolute Gasteiger partial charge is 0.495 e. The summed E-state index contributed by atoms with van der Waals surface area (Å²) < 4.78 is 5.34. The second kappa shape index (κ2) is 8.92. The lowest BCUT2D eigenvalue weighted by atomic mass is 10.1. The molecule has 0 unspecified atom stereocenters. The molecule has 2 rings (SSSR count). The van der Waals surface area contributed by atoms with Gasteiger partial charge in [0.2, 0.25) is 11.8 Å². The summed E-state index contributed by atoms with van der Waals surface area (Å²) in [5.74, 6) is 0.124. The number of nitrogens with one attached hydrogen (secondary N) is 1. The first kappa shape index (κ1) is 20.1. The van der Waals surface area contributed by atoms with Gasteiger partial charge in [-0.15, -0.1) is 0 Å². The van der Waals surface area contributed by atoms with Crippen molar-refractivity contribution in [2.45, 2.75) is 20.3 Å². The van der Waals surface area contributed by atoms with Crippen molar-refractivity contribution in [2.24, 2.45) is 0 Å². The number of rotatable bonds is 6. The van der Waals surface area contributed by atoms with Crippen LogP contribution in [-0.4, -0.2) is 25.5 Å². The number of methoxy groups -OCH3 is 1. The van der Waals surface area contributed by atoms with Crippen molar-refractivity contribution in [1.82, 2.24) is 0 Å². The first-order chi connectivity index (χ1) is 12.3. The molecule has 0 spiro atoms. The van der Waals surface area contributed by atoms with E-state index in [0.29, 0.717) is 27.2 Å². The summed E-state index contributed by atoms with van der Waals surface area (Å²) in [6.07, 6.45) is 0.0967. The Labute approximate surface area is 162 Å². The third-order valence-electron chi connectivity index (χ3n) is 3.77. The molecule has 26 heavy (non-hydrogen) atoms. The van der Waals surface area contributed by atoms with Gasteiger partial charge in [-0.2, -0.15) is 0 Å². The zero-order valence-corrected chi connectivity index (χ0v) is 16.3. The Bertz CT molecular complexity index is 824. The minimum absolute atomic E-state index is 0.0967. The van der Waals surface area contributed by atoms with Crippen molar-refractivity contribution in [3.63, 3.8) is 0 Å². The van der Waals surface area contributed by atoms with Gasteiger partial charge in [0.1, 0.15) is 5.75 Å². The van der Waals surface area contributed by atoms with Crippen LogP contribution in [0.25, 0.3) is 0 Å². The molecule has 138 valence electrons. The van der Waals surface area contributed by atoms with Crippen LogP contribution in [0.15, 0.2) is 36.4 Å². The van der Waals surface area contributed by atoms with Gasteiger partial charge < -0.3 is 15.0 Å². The number of halogens is 2. The van der Waals surface area contributed by atoms with Crippen molar-refractivity contribution in [3.8, 4) is 5.75 Å². The Morgan fingerprint density at radius 3 is 2.54 bits per heavy atom. The standard InChI is InChI=1S/C19H20Cl2N2O3/c1-12-4-7-18(26-3)17(10-12)23(13(2)24)9-8-19(25)22-16-11-14(20)5-6-15(16)21/h4-7,10-11H,8-9H2,1-3H3,(H,22,25). The highest BCUT2D eigenvalue weighted by Crippen LogP contribution is 2.30. The highest BCUT2D eigenvalue weighted by atomic mass is 35.5. The predicted molar refractivity (Wildman–Crippen MR) is 105 cm³/mol. The quantitative estimate of drug-likeness (QED) is 0.772. The van der Waals surface area contributed by atoms with E-state index in [9.17, 15) is 9.59 Å². The predicted octanol–water partition coefficient (Wildman–Crippen LogP) is 4.69. The van der Waals surface area contributed by atoms with Gasteiger partial charge in [0.15, 0.2) is 0 Å². The number of anilines is 2. The summed E-state index contributed by atoms with van der Waals surface area (Å²) in [5.41, 5.74) is 2.06. The molecule has 0 atom stereocenters. The average molecular weight is 395 g/mol. The summed E-state index contributed by atoms with van der Waals surface area (Å²) in [4.78, 5) is 25.9. The molecule has 0 aliphatic carbocycles. The van der Waals surface area contributed by atoms with Crippen molar-refractivity contribution in [3.05, 3.63) is 52.0 Å². The highest BCUT2D eigenvalue weighted by molar-refractivity contribution is 6.35. The summed E-state index contributed by atoms with van der Waals surface area (Å²) >= 11 is 12.0. The molecule has 0 radical (unpaired) electrons. The van der Waals surface area contributed by atoms with Gasteiger partial charge >= 0.3 is 0 Å². The van der Waals surface area contributed by atoms with E-state index in [1.54, 1.807) is 31.4 Å². The molecule has 2 aromatic rings. The van der Waals surface area contributed by atoms with E-state index in [1.807, 2.05) is 19.1 Å². The summed E-state index contributed by atoms with van der Waals surface area (Å²) in [6, 6.07) is 10.4. The van der Waals surface area contributed by atoms with E-state index in [-0.39, 0.29) is 24.8 Å². The molecule has 0 saturated carbocycles. The first-order valence-corrected chi connectivity index (χ1v) is 8.75. The number of hydrogen-bond donors (Lipinski definition) is 1. The molecule has 0 bridgehead atoms. The molecule has 5 nitrogen and oxygen atoms in total. The van der Waals surface area contributed by atoms with E-state index in [1.165, 1.54) is 11.8 Å². The number of benzene rings is 2. The normalized spacial score (nSPS) is 10.3. The molecule has 0 aromatic heterocycles. The zero-order valence-electron chi connectivity index (χ0n) is 14.8. The van der Waals surface area contributed by atoms with Crippen LogP contribution in [0.5, 0.6) is 5.75 Å². The monoisotopic (exact) mass is 394 g/mol. The van der Waals surface area contributed by atoms with E-state index in [0.717, 1.165) is 5.56 Å². The van der Waals surface area contributed by atoms with Crippen LogP contribution in [0.4, 0.5) is 11.4 Å². The molecule has 7 heteroatoms. The lowest BCUT2D eigenvalue weighted by Gasteiger charge is -2.23. The Morgan fingerprint density at radius 2 is 1.88 bits per heavy atom. The fourth-order valence-electron chi connectivity index (χ4n) is 2.48. The zero-order chi connectivity index (χ0) is 19.3. The van der Waals surface area contributed by atoms with Gasteiger partial charge in [0, 0.05) is 24.9 Å². The minimum atomic E-state index is -0.271. The van der Waals surface area contributed by atoms with Crippen LogP contribution in [0, 0.1) is 6.92 Å². The van der Waals surface area contributed by atoms with Gasteiger partial charge in [-0.05, 0) is 42.8 Å². The number of amides is 2. The molecule has 2 amide bonds. The molecule has 0 aliphatic rings. The first-order valence-electron chi connectivity index (χ1n) is 7.99. The molecular weight excluding hydrogens is 375 g/mol. The van der Waals surface area contributed by atoms with Gasteiger partial charge in [-0.1, -0.05) is 29.3 Å². The molecule has 0 heterocycles. The maximum Gasteiger partial charge on any atom is 0.226 e. The van der Waals surface area contributed by atoms with Crippen LogP contribution < -0.4 is 15.0 Å². The van der Waals surface area contributed by atoms with Gasteiger partial charge in [0.05, 0.1) is 23.5 Å². The lowest BCUT2D eigenvalue weighted by molar-refractivity contribution is -0.117. The van der Waals surface area contributed by atoms with E-state index in [4.69, 9.17) is 27.9 Å². The van der Waals surface area contributed by atoms with E-state index < -0.39 is 0 Å².